The lowest BCUT2D eigenvalue weighted by atomic mass is 10.2. The van der Waals surface area contributed by atoms with Crippen LogP contribution in [-0.2, 0) is 0 Å². The van der Waals surface area contributed by atoms with Crippen LogP contribution in [0.2, 0.25) is 0 Å². The van der Waals surface area contributed by atoms with Gasteiger partial charge < -0.3 is 5.32 Å². The summed E-state index contributed by atoms with van der Waals surface area (Å²) in [6.45, 7) is 0. The van der Waals surface area contributed by atoms with Gasteiger partial charge in [-0.25, -0.2) is 9.97 Å². The second-order valence-electron chi connectivity index (χ2n) is 3.39. The molecule has 0 saturated heterocycles. The molecule has 2 N–H and O–H groups in total. The second kappa shape index (κ2) is 5.40. The van der Waals surface area contributed by atoms with Crippen molar-refractivity contribution in [2.75, 3.05) is 17.7 Å². The van der Waals surface area contributed by atoms with E-state index in [4.69, 9.17) is 0 Å². The van der Waals surface area contributed by atoms with Crippen LogP contribution in [0.4, 0.5) is 16.6 Å². The molecule has 0 bridgehead atoms. The maximum Gasteiger partial charge on any atom is 0.288 e. The summed E-state index contributed by atoms with van der Waals surface area (Å²) in [6.07, 6.45) is 2.64. The quantitative estimate of drug-likeness (QED) is 0.651. The lowest BCUT2D eigenvalue weighted by Gasteiger charge is -2.07. The first-order valence-electron chi connectivity index (χ1n) is 5.15. The maximum atomic E-state index is 12.0. The predicted molar refractivity (Wildman–Crippen MR) is 70.5 cm³/mol. The molecule has 2 heterocycles. The molecule has 0 aromatic carbocycles. The van der Waals surface area contributed by atoms with Crippen LogP contribution in [0, 0.1) is 10.1 Å². The third-order valence-corrected chi connectivity index (χ3v) is 2.91. The summed E-state index contributed by atoms with van der Waals surface area (Å²) in [6, 6.07) is 1.17. The van der Waals surface area contributed by atoms with Crippen LogP contribution in [-0.4, -0.2) is 27.8 Å². The Bertz CT molecular complexity index is 614. The molecule has 0 unspecified atom stereocenters. The molecule has 0 fully saturated rings. The fraction of sp³-hybridized carbons (Fsp3) is 0.100. The molecule has 0 atom stereocenters. The molecule has 0 radical (unpaired) electrons. The van der Waals surface area contributed by atoms with Gasteiger partial charge in [0.25, 0.3) is 11.6 Å². The Balaban J connectivity index is 2.33. The van der Waals surface area contributed by atoms with Crippen LogP contribution in [0.5, 0.6) is 0 Å². The smallest absolute Gasteiger partial charge is 0.288 e. The molecule has 2 rings (SSSR count). The van der Waals surface area contributed by atoms with Crippen LogP contribution in [0.3, 0.4) is 0 Å². The van der Waals surface area contributed by atoms with Crippen molar-refractivity contribution in [1.82, 2.24) is 9.97 Å². The lowest BCUT2D eigenvalue weighted by Crippen LogP contribution is -2.15. The molecule has 19 heavy (non-hydrogen) atoms. The highest BCUT2D eigenvalue weighted by atomic mass is 32.1. The number of anilines is 2. The zero-order valence-electron chi connectivity index (χ0n) is 9.78. The number of hydrogen-bond donors (Lipinski definition) is 2. The van der Waals surface area contributed by atoms with Crippen molar-refractivity contribution < 1.29 is 9.72 Å². The van der Waals surface area contributed by atoms with Crippen molar-refractivity contribution in [2.45, 2.75) is 0 Å². The van der Waals surface area contributed by atoms with Crippen molar-refractivity contribution in [1.29, 1.82) is 0 Å². The largest absolute Gasteiger partial charge is 0.372 e. The van der Waals surface area contributed by atoms with Gasteiger partial charge in [-0.15, -0.1) is 11.3 Å². The number of hydrogen-bond acceptors (Lipinski definition) is 7. The average Bonchev–Trinajstić information content (AvgIpc) is 2.90. The fourth-order valence-corrected chi connectivity index (χ4v) is 1.90. The summed E-state index contributed by atoms with van der Waals surface area (Å²) in [5, 5.41) is 18.1. The molecule has 2 aromatic rings. The van der Waals surface area contributed by atoms with E-state index in [0.29, 0.717) is 5.13 Å². The van der Waals surface area contributed by atoms with Crippen molar-refractivity contribution in [3.05, 3.63) is 39.5 Å². The van der Waals surface area contributed by atoms with E-state index < -0.39 is 10.8 Å². The zero-order chi connectivity index (χ0) is 13.8. The molecule has 0 aliphatic carbocycles. The Morgan fingerprint density at radius 1 is 1.47 bits per heavy atom. The van der Waals surface area contributed by atoms with Crippen molar-refractivity contribution in [3.63, 3.8) is 0 Å². The summed E-state index contributed by atoms with van der Waals surface area (Å²) in [5.41, 5.74) is -0.157. The summed E-state index contributed by atoms with van der Waals surface area (Å²) in [5.74, 6) is -0.241. The Kier molecular flexibility index (Phi) is 3.66. The number of nitrogens with one attached hydrogen (secondary N) is 2. The average molecular weight is 279 g/mol. The van der Waals surface area contributed by atoms with Gasteiger partial charge in [0.15, 0.2) is 5.13 Å². The van der Waals surface area contributed by atoms with E-state index in [1.807, 2.05) is 0 Å². The predicted octanol–water partition coefficient (Wildman–Crippen LogP) is 1.74. The van der Waals surface area contributed by atoms with E-state index in [1.165, 1.54) is 17.4 Å². The van der Waals surface area contributed by atoms with Crippen LogP contribution in [0.25, 0.3) is 0 Å². The normalized spacial score (nSPS) is 9.95. The van der Waals surface area contributed by atoms with E-state index >= 15 is 0 Å². The van der Waals surface area contributed by atoms with E-state index in [1.54, 1.807) is 18.6 Å². The first-order valence-corrected chi connectivity index (χ1v) is 6.03. The van der Waals surface area contributed by atoms with Gasteiger partial charge in [0.1, 0.15) is 12.0 Å². The van der Waals surface area contributed by atoms with Crippen LogP contribution in [0.1, 0.15) is 10.4 Å². The van der Waals surface area contributed by atoms with Crippen LogP contribution >= 0.6 is 11.3 Å². The topological polar surface area (TPSA) is 110 Å². The number of nitro groups is 1. The van der Waals surface area contributed by atoms with E-state index in [-0.39, 0.29) is 17.1 Å². The highest BCUT2D eigenvalue weighted by Crippen LogP contribution is 2.20. The second-order valence-corrected chi connectivity index (χ2v) is 4.28. The Labute approximate surface area is 111 Å². The standard InChI is InChI=1S/C10H9N5O3S/c1-11-8-7(4-6(5-13-8)15(17)18)9(16)14-10-12-2-3-19-10/h2-5H,1H3,(H,11,13)(H,12,14,16). The van der Waals surface area contributed by atoms with Gasteiger partial charge in [-0.2, -0.15) is 0 Å². The summed E-state index contributed by atoms with van der Waals surface area (Å²) < 4.78 is 0. The molecule has 0 saturated carbocycles. The monoisotopic (exact) mass is 279 g/mol. The molecule has 2 aromatic heterocycles. The summed E-state index contributed by atoms with van der Waals surface area (Å²) >= 11 is 1.25. The number of carbonyl (C=O) groups excluding carboxylic acids is 1. The molecule has 98 valence electrons. The molecule has 0 spiro atoms. The van der Waals surface area contributed by atoms with Crippen LogP contribution in [0.15, 0.2) is 23.8 Å². The molecule has 0 aliphatic rings. The lowest BCUT2D eigenvalue weighted by molar-refractivity contribution is -0.385. The third kappa shape index (κ3) is 2.83. The van der Waals surface area contributed by atoms with Crippen molar-refractivity contribution in [3.8, 4) is 0 Å². The third-order valence-electron chi connectivity index (χ3n) is 2.22. The molecule has 1 amide bonds. The number of aromatic nitrogens is 2. The van der Waals surface area contributed by atoms with E-state index in [0.717, 1.165) is 6.20 Å². The zero-order valence-corrected chi connectivity index (χ0v) is 10.6. The Hall–Kier alpha value is -2.55. The number of nitrogens with zero attached hydrogens (tertiary/aromatic N) is 3. The van der Waals surface area contributed by atoms with Gasteiger partial charge in [0, 0.05) is 24.7 Å². The highest BCUT2D eigenvalue weighted by molar-refractivity contribution is 7.13. The minimum Gasteiger partial charge on any atom is -0.372 e. The summed E-state index contributed by atoms with van der Waals surface area (Å²) in [7, 11) is 1.58. The van der Waals surface area contributed by atoms with Gasteiger partial charge in [0.2, 0.25) is 0 Å². The number of pyridine rings is 1. The van der Waals surface area contributed by atoms with Gasteiger partial charge in [0.05, 0.1) is 10.5 Å². The molecule has 0 aliphatic heterocycles. The summed E-state index contributed by atoms with van der Waals surface area (Å²) in [4.78, 5) is 29.9. The van der Waals surface area contributed by atoms with E-state index in [9.17, 15) is 14.9 Å². The van der Waals surface area contributed by atoms with Crippen molar-refractivity contribution in [2.24, 2.45) is 0 Å². The number of rotatable bonds is 4. The Morgan fingerprint density at radius 2 is 2.26 bits per heavy atom. The van der Waals surface area contributed by atoms with Gasteiger partial charge in [-0.05, 0) is 0 Å². The highest BCUT2D eigenvalue weighted by Gasteiger charge is 2.18. The fourth-order valence-electron chi connectivity index (χ4n) is 1.38. The molecule has 8 nitrogen and oxygen atoms in total. The van der Waals surface area contributed by atoms with E-state index in [2.05, 4.69) is 20.6 Å². The molecular weight excluding hydrogens is 270 g/mol. The molecular formula is C10H9N5O3S. The van der Waals surface area contributed by atoms with Crippen LogP contribution < -0.4 is 10.6 Å². The number of thiazole rings is 1. The van der Waals surface area contributed by atoms with Gasteiger partial charge in [-0.1, -0.05) is 0 Å². The first kappa shape index (κ1) is 12.9. The Morgan fingerprint density at radius 3 is 2.84 bits per heavy atom. The SMILES string of the molecule is CNc1ncc([N+](=O)[O-])cc1C(=O)Nc1nccs1. The number of amides is 1. The maximum absolute atomic E-state index is 12.0. The minimum atomic E-state index is -0.605. The van der Waals surface area contributed by atoms with Gasteiger partial charge >= 0.3 is 0 Å². The van der Waals surface area contributed by atoms with Gasteiger partial charge in [-0.3, -0.25) is 20.2 Å². The first-order chi connectivity index (χ1) is 9.11. The minimum absolute atomic E-state index is 0.0897. The van der Waals surface area contributed by atoms with Crippen molar-refractivity contribution >= 4 is 33.9 Å². The number of carbonyl (C=O) groups is 1. The molecule has 9 heteroatoms.